The Morgan fingerprint density at radius 3 is 2.67 bits per heavy atom. The average molecular weight is 207 g/mol. The lowest BCUT2D eigenvalue weighted by Gasteiger charge is -2.09. The fraction of sp³-hybridized carbons (Fsp3) is 0.538. The SMILES string of the molecule is CCc1ccc(OC)c(CCCCN)c1. The van der Waals surface area contributed by atoms with E-state index < -0.39 is 0 Å². The summed E-state index contributed by atoms with van der Waals surface area (Å²) in [6, 6.07) is 6.44. The first-order chi connectivity index (χ1) is 7.31. The summed E-state index contributed by atoms with van der Waals surface area (Å²) in [7, 11) is 1.73. The third-order valence-corrected chi connectivity index (χ3v) is 2.65. The highest BCUT2D eigenvalue weighted by Gasteiger charge is 2.03. The summed E-state index contributed by atoms with van der Waals surface area (Å²) in [5, 5.41) is 0. The molecular weight excluding hydrogens is 186 g/mol. The van der Waals surface area contributed by atoms with Crippen LogP contribution in [0.3, 0.4) is 0 Å². The number of rotatable bonds is 6. The molecule has 2 N–H and O–H groups in total. The van der Waals surface area contributed by atoms with Gasteiger partial charge in [-0.25, -0.2) is 0 Å². The number of benzene rings is 1. The average Bonchev–Trinajstić information content (AvgIpc) is 2.29. The smallest absolute Gasteiger partial charge is 0.122 e. The molecule has 84 valence electrons. The van der Waals surface area contributed by atoms with Crippen LogP contribution in [0, 0.1) is 0 Å². The summed E-state index contributed by atoms with van der Waals surface area (Å²) < 4.78 is 5.34. The lowest BCUT2D eigenvalue weighted by molar-refractivity contribution is 0.408. The molecule has 0 radical (unpaired) electrons. The quantitative estimate of drug-likeness (QED) is 0.727. The first kappa shape index (κ1) is 12.1. The monoisotopic (exact) mass is 207 g/mol. The second-order valence-electron chi connectivity index (χ2n) is 3.75. The summed E-state index contributed by atoms with van der Waals surface area (Å²) in [4.78, 5) is 0. The molecule has 1 aromatic rings. The van der Waals surface area contributed by atoms with Crippen molar-refractivity contribution < 1.29 is 4.74 Å². The van der Waals surface area contributed by atoms with Gasteiger partial charge in [-0.2, -0.15) is 0 Å². The lowest BCUT2D eigenvalue weighted by atomic mass is 10.0. The van der Waals surface area contributed by atoms with Crippen LogP contribution in [0.1, 0.15) is 30.9 Å². The van der Waals surface area contributed by atoms with Gasteiger partial charge in [0, 0.05) is 0 Å². The number of ether oxygens (including phenoxy) is 1. The minimum Gasteiger partial charge on any atom is -0.496 e. The van der Waals surface area contributed by atoms with Gasteiger partial charge in [-0.05, 0) is 49.4 Å². The van der Waals surface area contributed by atoms with E-state index in [4.69, 9.17) is 10.5 Å². The Balaban J connectivity index is 2.72. The molecule has 15 heavy (non-hydrogen) atoms. The van der Waals surface area contributed by atoms with Crippen LogP contribution in [-0.4, -0.2) is 13.7 Å². The van der Waals surface area contributed by atoms with Crippen molar-refractivity contribution in [2.45, 2.75) is 32.6 Å². The number of nitrogens with two attached hydrogens (primary N) is 1. The van der Waals surface area contributed by atoms with Crippen LogP contribution < -0.4 is 10.5 Å². The molecule has 0 heterocycles. The van der Waals surface area contributed by atoms with Gasteiger partial charge in [0.05, 0.1) is 7.11 Å². The van der Waals surface area contributed by atoms with Gasteiger partial charge in [-0.1, -0.05) is 19.1 Å². The van der Waals surface area contributed by atoms with E-state index in [0.717, 1.165) is 38.0 Å². The lowest BCUT2D eigenvalue weighted by Crippen LogP contribution is -2.00. The molecule has 0 spiro atoms. The van der Waals surface area contributed by atoms with Crippen molar-refractivity contribution in [2.24, 2.45) is 5.73 Å². The Morgan fingerprint density at radius 1 is 1.27 bits per heavy atom. The summed E-state index contributed by atoms with van der Waals surface area (Å²) in [5.74, 6) is 1.00. The maximum Gasteiger partial charge on any atom is 0.122 e. The van der Waals surface area contributed by atoms with Crippen molar-refractivity contribution >= 4 is 0 Å². The molecule has 0 atom stereocenters. The largest absolute Gasteiger partial charge is 0.496 e. The zero-order valence-electron chi connectivity index (χ0n) is 9.75. The van der Waals surface area contributed by atoms with Gasteiger partial charge in [-0.3, -0.25) is 0 Å². The first-order valence-electron chi connectivity index (χ1n) is 5.67. The van der Waals surface area contributed by atoms with Crippen molar-refractivity contribution in [1.82, 2.24) is 0 Å². The van der Waals surface area contributed by atoms with Crippen LogP contribution in [0.15, 0.2) is 18.2 Å². The molecule has 0 bridgehead atoms. The second kappa shape index (κ2) is 6.46. The molecule has 0 saturated carbocycles. The van der Waals surface area contributed by atoms with Crippen molar-refractivity contribution in [1.29, 1.82) is 0 Å². The number of hydrogen-bond acceptors (Lipinski definition) is 2. The molecule has 0 saturated heterocycles. The Labute approximate surface area is 92.4 Å². The minimum atomic E-state index is 0.774. The Bertz CT molecular complexity index is 297. The van der Waals surface area contributed by atoms with Gasteiger partial charge < -0.3 is 10.5 Å². The van der Waals surface area contributed by atoms with Crippen LogP contribution in [0.5, 0.6) is 5.75 Å². The van der Waals surface area contributed by atoms with Crippen LogP contribution in [-0.2, 0) is 12.8 Å². The number of unbranched alkanes of at least 4 members (excludes halogenated alkanes) is 1. The fourth-order valence-corrected chi connectivity index (χ4v) is 1.71. The van der Waals surface area contributed by atoms with Crippen LogP contribution in [0.4, 0.5) is 0 Å². The summed E-state index contributed by atoms with van der Waals surface area (Å²) in [6.45, 7) is 2.95. The van der Waals surface area contributed by atoms with E-state index in [-0.39, 0.29) is 0 Å². The van der Waals surface area contributed by atoms with Gasteiger partial charge in [0.1, 0.15) is 5.75 Å². The fourth-order valence-electron chi connectivity index (χ4n) is 1.71. The van der Waals surface area contributed by atoms with E-state index >= 15 is 0 Å². The third kappa shape index (κ3) is 3.56. The highest BCUT2D eigenvalue weighted by atomic mass is 16.5. The standard InChI is InChI=1S/C13H21NO/c1-3-11-7-8-13(15-2)12(10-11)6-4-5-9-14/h7-8,10H,3-6,9,14H2,1-2H3. The van der Waals surface area contributed by atoms with Gasteiger partial charge >= 0.3 is 0 Å². The number of methoxy groups -OCH3 is 1. The molecule has 0 amide bonds. The number of aryl methyl sites for hydroxylation is 2. The van der Waals surface area contributed by atoms with Crippen molar-refractivity contribution in [3.63, 3.8) is 0 Å². The molecule has 0 unspecified atom stereocenters. The van der Waals surface area contributed by atoms with E-state index in [9.17, 15) is 0 Å². The Morgan fingerprint density at radius 2 is 2.07 bits per heavy atom. The van der Waals surface area contributed by atoms with Gasteiger partial charge in [0.15, 0.2) is 0 Å². The molecule has 0 aliphatic rings. The highest BCUT2D eigenvalue weighted by Crippen LogP contribution is 2.22. The summed E-state index contributed by atoms with van der Waals surface area (Å²) in [5.41, 5.74) is 8.17. The van der Waals surface area contributed by atoms with Crippen LogP contribution >= 0.6 is 0 Å². The highest BCUT2D eigenvalue weighted by molar-refractivity contribution is 5.37. The molecule has 0 aromatic heterocycles. The zero-order chi connectivity index (χ0) is 11.1. The maximum absolute atomic E-state index is 5.49. The van der Waals surface area contributed by atoms with Crippen LogP contribution in [0.2, 0.25) is 0 Å². The second-order valence-corrected chi connectivity index (χ2v) is 3.75. The van der Waals surface area contributed by atoms with Crippen molar-refractivity contribution in [3.05, 3.63) is 29.3 Å². The molecule has 2 nitrogen and oxygen atoms in total. The molecule has 1 aromatic carbocycles. The van der Waals surface area contributed by atoms with Crippen LogP contribution in [0.25, 0.3) is 0 Å². The van der Waals surface area contributed by atoms with Gasteiger partial charge in [0.25, 0.3) is 0 Å². The van der Waals surface area contributed by atoms with E-state index in [1.807, 2.05) is 0 Å². The number of hydrogen-bond donors (Lipinski definition) is 1. The first-order valence-corrected chi connectivity index (χ1v) is 5.67. The maximum atomic E-state index is 5.49. The van der Waals surface area contributed by atoms with Gasteiger partial charge in [-0.15, -0.1) is 0 Å². The molecule has 0 aliphatic heterocycles. The Kier molecular flexibility index (Phi) is 5.19. The van der Waals surface area contributed by atoms with E-state index in [0.29, 0.717) is 0 Å². The predicted molar refractivity (Wildman–Crippen MR) is 64.4 cm³/mol. The van der Waals surface area contributed by atoms with Crippen molar-refractivity contribution in [3.8, 4) is 5.75 Å². The van der Waals surface area contributed by atoms with E-state index in [2.05, 4.69) is 25.1 Å². The van der Waals surface area contributed by atoms with E-state index in [1.54, 1.807) is 7.11 Å². The molecular formula is C13H21NO. The molecule has 2 heteroatoms. The van der Waals surface area contributed by atoms with E-state index in [1.165, 1.54) is 11.1 Å². The minimum absolute atomic E-state index is 0.774. The molecule has 0 fully saturated rings. The van der Waals surface area contributed by atoms with Crippen molar-refractivity contribution in [2.75, 3.05) is 13.7 Å². The normalized spacial score (nSPS) is 10.3. The molecule has 1 rings (SSSR count). The predicted octanol–water partition coefficient (Wildman–Crippen LogP) is 2.54. The Hall–Kier alpha value is -1.02. The summed E-state index contributed by atoms with van der Waals surface area (Å²) >= 11 is 0. The third-order valence-electron chi connectivity index (χ3n) is 2.65. The topological polar surface area (TPSA) is 35.2 Å². The van der Waals surface area contributed by atoms with Gasteiger partial charge in [0.2, 0.25) is 0 Å². The zero-order valence-corrected chi connectivity index (χ0v) is 9.75. The molecule has 0 aliphatic carbocycles. The summed E-state index contributed by atoms with van der Waals surface area (Å²) in [6.07, 6.45) is 4.36.